The topological polar surface area (TPSA) is 83.7 Å². The van der Waals surface area contributed by atoms with Gasteiger partial charge in [-0.2, -0.15) is 5.26 Å². The van der Waals surface area contributed by atoms with E-state index >= 15 is 0 Å². The van der Waals surface area contributed by atoms with Crippen LogP contribution in [0.1, 0.15) is 22.8 Å². The van der Waals surface area contributed by atoms with Gasteiger partial charge in [0.15, 0.2) is 5.82 Å². The molecule has 2 aromatic heterocycles. The fraction of sp³-hybridized carbons (Fsp3) is 0.250. The Labute approximate surface area is 165 Å². The van der Waals surface area contributed by atoms with Crippen molar-refractivity contribution in [2.24, 2.45) is 0 Å². The van der Waals surface area contributed by atoms with Crippen LogP contribution in [0.2, 0.25) is 0 Å². The van der Waals surface area contributed by atoms with E-state index in [2.05, 4.69) is 36.5 Å². The first kappa shape index (κ1) is 19.1. The maximum atomic E-state index is 12.4. The van der Waals surface area contributed by atoms with Gasteiger partial charge in [0.2, 0.25) is 0 Å². The van der Waals surface area contributed by atoms with Crippen LogP contribution in [0.25, 0.3) is 22.6 Å². The van der Waals surface area contributed by atoms with Crippen LogP contribution in [-0.4, -0.2) is 28.3 Å². The number of nitrogens with one attached hydrogen (secondary N) is 1. The highest BCUT2D eigenvalue weighted by Crippen LogP contribution is 2.22. The van der Waals surface area contributed by atoms with Crippen LogP contribution < -0.4 is 5.56 Å². The van der Waals surface area contributed by atoms with Gasteiger partial charge in [0.05, 0.1) is 23.1 Å². The number of nitrogens with zero attached hydrogens (tertiary/aromatic N) is 3. The fourth-order valence-electron chi connectivity index (χ4n) is 3.05. The van der Waals surface area contributed by atoms with E-state index in [0.29, 0.717) is 23.1 Å². The number of methoxy groups -OCH3 is 1. The van der Waals surface area contributed by atoms with Gasteiger partial charge in [-0.1, -0.05) is 15.9 Å². The standard InChI is InChI=1S/C20H19BrN4O2/c1-12-8-14(13(2)25(12)6-7-27-3)9-15(11-22)19-23-18-5-4-16(21)10-17(18)20(26)24-19/h4-5,8-10H,6-7H2,1-3H3,(H,23,24,26)/b15-9+. The zero-order chi connectivity index (χ0) is 19.6. The van der Waals surface area contributed by atoms with Gasteiger partial charge < -0.3 is 14.3 Å². The number of aromatic nitrogens is 3. The van der Waals surface area contributed by atoms with Crippen molar-refractivity contribution in [3.63, 3.8) is 0 Å². The van der Waals surface area contributed by atoms with E-state index in [0.717, 1.165) is 28.0 Å². The van der Waals surface area contributed by atoms with Crippen molar-refractivity contribution in [3.05, 3.63) is 61.9 Å². The Morgan fingerprint density at radius 2 is 2.19 bits per heavy atom. The number of nitriles is 1. The Balaban J connectivity index is 2.08. The Morgan fingerprint density at radius 3 is 2.89 bits per heavy atom. The van der Waals surface area contributed by atoms with Crippen LogP contribution in [0.5, 0.6) is 0 Å². The van der Waals surface area contributed by atoms with E-state index in [1.807, 2.05) is 26.0 Å². The number of rotatable bonds is 5. The summed E-state index contributed by atoms with van der Waals surface area (Å²) in [5, 5.41) is 10.1. The molecule has 0 aliphatic heterocycles. The molecule has 6 nitrogen and oxygen atoms in total. The molecule has 0 saturated heterocycles. The molecule has 0 amide bonds. The van der Waals surface area contributed by atoms with E-state index < -0.39 is 0 Å². The lowest BCUT2D eigenvalue weighted by Crippen LogP contribution is -2.11. The molecule has 0 aliphatic carbocycles. The lowest BCUT2D eigenvalue weighted by Gasteiger charge is -2.08. The van der Waals surface area contributed by atoms with E-state index in [4.69, 9.17) is 4.74 Å². The smallest absolute Gasteiger partial charge is 0.259 e. The Bertz CT molecular complexity index is 1140. The number of ether oxygens (including phenoxy) is 1. The molecule has 0 unspecified atom stereocenters. The first-order valence-corrected chi connectivity index (χ1v) is 9.21. The zero-order valence-corrected chi connectivity index (χ0v) is 16.9. The normalized spacial score (nSPS) is 11.7. The summed E-state index contributed by atoms with van der Waals surface area (Å²) in [5.41, 5.74) is 3.61. The highest BCUT2D eigenvalue weighted by Gasteiger charge is 2.12. The van der Waals surface area contributed by atoms with Crippen LogP contribution in [0.15, 0.2) is 33.5 Å². The third kappa shape index (κ3) is 3.87. The average molecular weight is 427 g/mol. The van der Waals surface area contributed by atoms with Gasteiger partial charge in [-0.05, 0) is 49.8 Å². The molecule has 3 aromatic rings. The molecule has 2 heterocycles. The number of aryl methyl sites for hydroxylation is 1. The van der Waals surface area contributed by atoms with Gasteiger partial charge in [0, 0.05) is 29.5 Å². The number of H-pyrrole nitrogens is 1. The number of aromatic amines is 1. The molecule has 0 radical (unpaired) electrons. The van der Waals surface area contributed by atoms with Crippen molar-refractivity contribution < 1.29 is 4.74 Å². The summed E-state index contributed by atoms with van der Waals surface area (Å²) in [6.45, 7) is 5.36. The van der Waals surface area contributed by atoms with Gasteiger partial charge in [-0.3, -0.25) is 4.79 Å². The van der Waals surface area contributed by atoms with E-state index in [9.17, 15) is 10.1 Å². The predicted molar refractivity (Wildman–Crippen MR) is 109 cm³/mol. The minimum atomic E-state index is -0.275. The maximum Gasteiger partial charge on any atom is 0.259 e. The largest absolute Gasteiger partial charge is 0.383 e. The maximum absolute atomic E-state index is 12.4. The number of fused-ring (bicyclic) bond motifs is 1. The van der Waals surface area contributed by atoms with Crippen LogP contribution in [-0.2, 0) is 11.3 Å². The van der Waals surface area contributed by atoms with Crippen LogP contribution in [0.3, 0.4) is 0 Å². The second-order valence-electron chi connectivity index (χ2n) is 6.22. The van der Waals surface area contributed by atoms with Gasteiger partial charge in [0.25, 0.3) is 5.56 Å². The number of halogens is 1. The molecule has 1 N–H and O–H groups in total. The third-order valence-electron chi connectivity index (χ3n) is 4.47. The quantitative estimate of drug-likeness (QED) is 0.628. The highest BCUT2D eigenvalue weighted by molar-refractivity contribution is 9.10. The minimum absolute atomic E-state index is 0.263. The van der Waals surface area contributed by atoms with Crippen molar-refractivity contribution >= 4 is 38.5 Å². The molecule has 0 spiro atoms. The molecule has 138 valence electrons. The molecule has 0 aliphatic rings. The summed E-state index contributed by atoms with van der Waals surface area (Å²) in [7, 11) is 1.67. The second kappa shape index (κ2) is 7.91. The second-order valence-corrected chi connectivity index (χ2v) is 7.13. The summed E-state index contributed by atoms with van der Waals surface area (Å²) < 4.78 is 8.10. The van der Waals surface area contributed by atoms with Crippen LogP contribution in [0.4, 0.5) is 0 Å². The first-order chi connectivity index (χ1) is 12.9. The lowest BCUT2D eigenvalue weighted by atomic mass is 10.1. The predicted octanol–water partition coefficient (Wildman–Crippen LogP) is 3.81. The van der Waals surface area contributed by atoms with E-state index in [-0.39, 0.29) is 11.4 Å². The SMILES string of the molecule is COCCn1c(C)cc(/C=C(\C#N)c2nc3ccc(Br)cc3c(=O)[nH]2)c1C. The molecular weight excluding hydrogens is 408 g/mol. The fourth-order valence-corrected chi connectivity index (χ4v) is 3.41. The van der Waals surface area contributed by atoms with E-state index in [1.54, 1.807) is 25.3 Å². The first-order valence-electron chi connectivity index (χ1n) is 8.42. The Morgan fingerprint density at radius 1 is 1.41 bits per heavy atom. The van der Waals surface area contributed by atoms with Crippen LogP contribution in [0, 0.1) is 25.2 Å². The van der Waals surface area contributed by atoms with Crippen molar-refractivity contribution in [1.82, 2.24) is 14.5 Å². The monoisotopic (exact) mass is 426 g/mol. The number of hydrogen-bond donors (Lipinski definition) is 1. The van der Waals surface area contributed by atoms with Crippen molar-refractivity contribution in [2.75, 3.05) is 13.7 Å². The summed E-state index contributed by atoms with van der Waals surface area (Å²) in [6, 6.07) is 9.45. The van der Waals surface area contributed by atoms with Gasteiger partial charge in [-0.15, -0.1) is 0 Å². The number of allylic oxidation sites excluding steroid dienone is 1. The molecule has 7 heteroatoms. The highest BCUT2D eigenvalue weighted by atomic mass is 79.9. The molecule has 0 saturated carbocycles. The zero-order valence-electron chi connectivity index (χ0n) is 15.3. The Hall–Kier alpha value is -2.69. The third-order valence-corrected chi connectivity index (χ3v) is 4.97. The molecule has 3 rings (SSSR count). The summed E-state index contributed by atoms with van der Waals surface area (Å²) in [4.78, 5) is 19.6. The number of benzene rings is 1. The van der Waals surface area contributed by atoms with Crippen molar-refractivity contribution in [3.8, 4) is 6.07 Å². The molecule has 0 fully saturated rings. The summed E-state index contributed by atoms with van der Waals surface area (Å²) in [5.74, 6) is 0.263. The summed E-state index contributed by atoms with van der Waals surface area (Å²) >= 11 is 3.35. The number of hydrogen-bond acceptors (Lipinski definition) is 4. The molecule has 0 atom stereocenters. The van der Waals surface area contributed by atoms with Crippen molar-refractivity contribution in [1.29, 1.82) is 5.26 Å². The van der Waals surface area contributed by atoms with Gasteiger partial charge in [-0.25, -0.2) is 4.98 Å². The molecule has 0 bridgehead atoms. The van der Waals surface area contributed by atoms with E-state index in [1.165, 1.54) is 0 Å². The molecular formula is C20H19BrN4O2. The minimum Gasteiger partial charge on any atom is -0.383 e. The molecule has 1 aromatic carbocycles. The van der Waals surface area contributed by atoms with Gasteiger partial charge in [0.1, 0.15) is 6.07 Å². The van der Waals surface area contributed by atoms with Gasteiger partial charge >= 0.3 is 0 Å². The lowest BCUT2D eigenvalue weighted by molar-refractivity contribution is 0.186. The van der Waals surface area contributed by atoms with Crippen molar-refractivity contribution in [2.45, 2.75) is 20.4 Å². The average Bonchev–Trinajstić information content (AvgIpc) is 2.91. The Kier molecular flexibility index (Phi) is 5.59. The summed E-state index contributed by atoms with van der Waals surface area (Å²) in [6.07, 6.45) is 1.76. The molecule has 27 heavy (non-hydrogen) atoms. The van der Waals surface area contributed by atoms with Crippen LogP contribution >= 0.6 is 15.9 Å².